The molecule has 0 spiro atoms. The number of hydrogen-bond acceptors (Lipinski definition) is 6. The fourth-order valence-corrected chi connectivity index (χ4v) is 3.22. The van der Waals surface area contributed by atoms with Gasteiger partial charge in [0, 0.05) is 26.2 Å². The minimum atomic E-state index is -0.690. The lowest BCUT2D eigenvalue weighted by atomic mass is 9.81. The lowest BCUT2D eigenvalue weighted by Crippen LogP contribution is -2.51. The lowest BCUT2D eigenvalue weighted by molar-refractivity contribution is -0.149. The van der Waals surface area contributed by atoms with Crippen LogP contribution in [0.4, 0.5) is 4.79 Å². The molecular weight excluding hydrogens is 382 g/mol. The van der Waals surface area contributed by atoms with Crippen molar-refractivity contribution >= 4 is 12.1 Å². The van der Waals surface area contributed by atoms with Crippen molar-refractivity contribution in [2.75, 3.05) is 32.7 Å². The number of rotatable bonds is 7. The topological polar surface area (TPSA) is 85.1 Å². The van der Waals surface area contributed by atoms with Crippen molar-refractivity contribution in [2.45, 2.75) is 59.3 Å². The average molecular weight is 420 g/mol. The molecule has 7 heteroatoms. The second kappa shape index (κ2) is 10.3. The van der Waals surface area contributed by atoms with E-state index in [0.717, 1.165) is 31.6 Å². The molecule has 2 rings (SSSR count). The van der Waals surface area contributed by atoms with Gasteiger partial charge < -0.3 is 20.1 Å². The Balaban J connectivity index is 1.75. The van der Waals surface area contributed by atoms with Crippen LogP contribution in [0.15, 0.2) is 30.3 Å². The Bertz CT molecular complexity index is 692. The van der Waals surface area contributed by atoms with Crippen LogP contribution in [0.2, 0.25) is 0 Å². The maximum atomic E-state index is 12.4. The van der Waals surface area contributed by atoms with Gasteiger partial charge in [-0.2, -0.15) is 0 Å². The highest BCUT2D eigenvalue weighted by Crippen LogP contribution is 2.26. The van der Waals surface area contributed by atoms with Crippen molar-refractivity contribution < 1.29 is 19.1 Å². The summed E-state index contributed by atoms with van der Waals surface area (Å²) in [7, 11) is 0. The van der Waals surface area contributed by atoms with Crippen LogP contribution < -0.4 is 5.73 Å². The van der Waals surface area contributed by atoms with Crippen LogP contribution in [0.3, 0.4) is 0 Å². The summed E-state index contributed by atoms with van der Waals surface area (Å²) in [6.07, 6.45) is 0.506. The smallest absolute Gasteiger partial charge is 0.410 e. The molecule has 1 aromatic rings. The van der Waals surface area contributed by atoms with Crippen LogP contribution in [0, 0.1) is 5.41 Å². The number of nitrogens with zero attached hydrogens (tertiary/aromatic N) is 2. The van der Waals surface area contributed by atoms with Crippen LogP contribution in [0.5, 0.6) is 0 Å². The van der Waals surface area contributed by atoms with Gasteiger partial charge >= 0.3 is 12.1 Å². The molecule has 1 atom stereocenters. The third kappa shape index (κ3) is 7.61. The second-order valence-corrected chi connectivity index (χ2v) is 9.62. The van der Waals surface area contributed by atoms with Crippen molar-refractivity contribution in [2.24, 2.45) is 11.1 Å². The van der Waals surface area contributed by atoms with Gasteiger partial charge in [0.15, 0.2) is 0 Å². The van der Waals surface area contributed by atoms with Crippen molar-refractivity contribution in [3.05, 3.63) is 35.9 Å². The first-order chi connectivity index (χ1) is 14.0. The van der Waals surface area contributed by atoms with Gasteiger partial charge in [-0.25, -0.2) is 4.79 Å². The van der Waals surface area contributed by atoms with Crippen molar-refractivity contribution in [1.29, 1.82) is 0 Å². The molecule has 0 radical (unpaired) electrons. The zero-order chi connectivity index (χ0) is 22.4. The van der Waals surface area contributed by atoms with Crippen LogP contribution in [0.1, 0.15) is 46.6 Å². The molecule has 30 heavy (non-hydrogen) atoms. The normalized spacial score (nSPS) is 16.8. The van der Waals surface area contributed by atoms with E-state index in [1.165, 1.54) is 0 Å². The highest BCUT2D eigenvalue weighted by atomic mass is 16.6. The SMILES string of the molecule is CC(C)(C)OC(=O)N1CCN(CCC(C)(C)[C@@H](N)C(=O)OCc2ccccc2)CC1. The number of ether oxygens (including phenoxy) is 2. The minimum Gasteiger partial charge on any atom is -0.460 e. The van der Waals surface area contributed by atoms with Crippen LogP contribution in [-0.2, 0) is 20.9 Å². The van der Waals surface area contributed by atoms with E-state index in [9.17, 15) is 9.59 Å². The van der Waals surface area contributed by atoms with E-state index in [1.54, 1.807) is 4.90 Å². The van der Waals surface area contributed by atoms with E-state index in [1.807, 2.05) is 65.0 Å². The quantitative estimate of drug-likeness (QED) is 0.684. The van der Waals surface area contributed by atoms with Gasteiger partial charge in [-0.05, 0) is 44.7 Å². The molecule has 1 saturated heterocycles. The first-order valence-corrected chi connectivity index (χ1v) is 10.6. The van der Waals surface area contributed by atoms with E-state index in [4.69, 9.17) is 15.2 Å². The van der Waals surface area contributed by atoms with Crippen LogP contribution >= 0.6 is 0 Å². The summed E-state index contributed by atoms with van der Waals surface area (Å²) < 4.78 is 10.9. The van der Waals surface area contributed by atoms with Gasteiger partial charge in [0.05, 0.1) is 0 Å². The molecule has 7 nitrogen and oxygen atoms in total. The van der Waals surface area contributed by atoms with Crippen LogP contribution in [-0.4, -0.2) is 66.2 Å². The number of carbonyl (C=O) groups is 2. The summed E-state index contributed by atoms with van der Waals surface area (Å²) in [6.45, 7) is 13.5. The van der Waals surface area contributed by atoms with E-state index in [-0.39, 0.29) is 18.7 Å². The van der Waals surface area contributed by atoms with Gasteiger partial charge in [0.25, 0.3) is 0 Å². The number of esters is 1. The summed E-state index contributed by atoms with van der Waals surface area (Å²) in [5.74, 6) is -0.376. The van der Waals surface area contributed by atoms with E-state index >= 15 is 0 Å². The highest BCUT2D eigenvalue weighted by Gasteiger charge is 2.34. The Labute approximate surface area is 180 Å². The number of carbonyl (C=O) groups excluding carboxylic acids is 2. The Morgan fingerprint density at radius 2 is 1.63 bits per heavy atom. The molecule has 1 aliphatic heterocycles. The maximum absolute atomic E-state index is 12.4. The van der Waals surface area contributed by atoms with Gasteiger partial charge in [0.1, 0.15) is 18.2 Å². The number of nitrogens with two attached hydrogens (primary N) is 1. The Morgan fingerprint density at radius 1 is 1.03 bits per heavy atom. The fraction of sp³-hybridized carbons (Fsp3) is 0.652. The summed E-state index contributed by atoms with van der Waals surface area (Å²) in [4.78, 5) is 28.7. The number of amides is 1. The molecule has 0 saturated carbocycles. The summed E-state index contributed by atoms with van der Waals surface area (Å²) in [5, 5.41) is 0. The molecule has 1 aliphatic rings. The largest absolute Gasteiger partial charge is 0.460 e. The molecule has 1 amide bonds. The number of hydrogen-bond donors (Lipinski definition) is 1. The summed E-state index contributed by atoms with van der Waals surface area (Å²) >= 11 is 0. The van der Waals surface area contributed by atoms with Gasteiger partial charge in [-0.1, -0.05) is 44.2 Å². The third-order valence-corrected chi connectivity index (χ3v) is 5.42. The predicted octanol–water partition coefficient (Wildman–Crippen LogP) is 3.03. The van der Waals surface area contributed by atoms with E-state index in [0.29, 0.717) is 13.1 Å². The Morgan fingerprint density at radius 3 is 2.20 bits per heavy atom. The first kappa shape index (κ1) is 24.2. The monoisotopic (exact) mass is 419 g/mol. The van der Waals surface area contributed by atoms with Crippen molar-refractivity contribution in [3.8, 4) is 0 Å². The average Bonchev–Trinajstić information content (AvgIpc) is 2.70. The van der Waals surface area contributed by atoms with Crippen LogP contribution in [0.25, 0.3) is 0 Å². The zero-order valence-electron chi connectivity index (χ0n) is 19.0. The minimum absolute atomic E-state index is 0.232. The maximum Gasteiger partial charge on any atom is 0.410 e. The van der Waals surface area contributed by atoms with Gasteiger partial charge in [-0.3, -0.25) is 9.69 Å². The Kier molecular flexibility index (Phi) is 8.26. The van der Waals surface area contributed by atoms with Gasteiger partial charge in [-0.15, -0.1) is 0 Å². The second-order valence-electron chi connectivity index (χ2n) is 9.62. The number of piperazine rings is 1. The Hall–Kier alpha value is -2.12. The van der Waals surface area contributed by atoms with E-state index in [2.05, 4.69) is 4.90 Å². The standard InChI is InChI=1S/C23H37N3O4/c1-22(2,3)30-21(28)26-15-13-25(14-16-26)12-11-23(4,5)19(24)20(27)29-17-18-9-7-6-8-10-18/h6-10,19H,11-17,24H2,1-5H3/t19-/m0/s1. The summed E-state index contributed by atoms with van der Waals surface area (Å²) in [6, 6.07) is 8.89. The molecule has 1 heterocycles. The lowest BCUT2D eigenvalue weighted by Gasteiger charge is -2.37. The highest BCUT2D eigenvalue weighted by molar-refractivity contribution is 5.76. The van der Waals surface area contributed by atoms with Crippen molar-refractivity contribution in [1.82, 2.24) is 9.80 Å². The molecule has 0 unspecified atom stereocenters. The molecule has 0 aliphatic carbocycles. The van der Waals surface area contributed by atoms with E-state index < -0.39 is 17.1 Å². The number of benzene rings is 1. The molecule has 168 valence electrons. The molecule has 1 fully saturated rings. The molecule has 0 bridgehead atoms. The zero-order valence-corrected chi connectivity index (χ0v) is 19.0. The predicted molar refractivity (Wildman–Crippen MR) is 117 cm³/mol. The molecule has 1 aromatic carbocycles. The van der Waals surface area contributed by atoms with Gasteiger partial charge in [0.2, 0.25) is 0 Å². The first-order valence-electron chi connectivity index (χ1n) is 10.6. The molecule has 0 aromatic heterocycles. The fourth-order valence-electron chi connectivity index (χ4n) is 3.22. The summed E-state index contributed by atoms with van der Waals surface area (Å²) in [5.41, 5.74) is 6.30. The molecular formula is C23H37N3O4. The molecule has 2 N–H and O–H groups in total. The van der Waals surface area contributed by atoms with Crippen molar-refractivity contribution in [3.63, 3.8) is 0 Å². The third-order valence-electron chi connectivity index (χ3n) is 5.42.